The van der Waals surface area contributed by atoms with Gasteiger partial charge in [0.25, 0.3) is 5.91 Å². The Morgan fingerprint density at radius 1 is 1.45 bits per heavy atom. The number of hydrogen-bond acceptors (Lipinski definition) is 5. The standard InChI is InChI=1S/C15H24N4O2S/c1-11-6-3-4-8-19(11)9-5-7-16-14(21)13-10-22-15(18-13)17-12(2)20/h10-11H,3-9H2,1-2H3,(H,16,21)(H,17,18,20)/t11-/m1/s1. The number of nitrogens with one attached hydrogen (secondary N) is 2. The second-order valence-corrected chi connectivity index (χ2v) is 6.57. The maximum absolute atomic E-state index is 12.0. The zero-order chi connectivity index (χ0) is 15.9. The first-order valence-corrected chi connectivity index (χ1v) is 8.69. The van der Waals surface area contributed by atoms with Gasteiger partial charge in [0.1, 0.15) is 5.69 Å². The topological polar surface area (TPSA) is 74.3 Å². The predicted octanol–water partition coefficient (Wildman–Crippen LogP) is 2.10. The maximum Gasteiger partial charge on any atom is 0.270 e. The number of piperidine rings is 1. The van der Waals surface area contributed by atoms with Crippen LogP contribution in [0.5, 0.6) is 0 Å². The zero-order valence-corrected chi connectivity index (χ0v) is 14.0. The number of carbonyl (C=O) groups is 2. The van der Waals surface area contributed by atoms with E-state index in [1.807, 2.05) is 0 Å². The average molecular weight is 324 g/mol. The molecule has 0 aromatic carbocycles. The van der Waals surface area contributed by atoms with Crippen molar-refractivity contribution in [3.8, 4) is 0 Å². The Labute approximate surface area is 135 Å². The van der Waals surface area contributed by atoms with Gasteiger partial charge in [-0.25, -0.2) is 4.98 Å². The van der Waals surface area contributed by atoms with Crippen LogP contribution in [0, 0.1) is 0 Å². The number of thiazole rings is 1. The number of rotatable bonds is 6. The van der Waals surface area contributed by atoms with E-state index in [-0.39, 0.29) is 11.8 Å². The summed E-state index contributed by atoms with van der Waals surface area (Å²) in [6, 6.07) is 0.656. The second-order valence-electron chi connectivity index (χ2n) is 5.71. The Kier molecular flexibility index (Phi) is 6.33. The molecular formula is C15H24N4O2S. The first-order chi connectivity index (χ1) is 10.6. The molecule has 0 spiro atoms. The molecular weight excluding hydrogens is 300 g/mol. The van der Waals surface area contributed by atoms with Gasteiger partial charge in [-0.3, -0.25) is 9.59 Å². The molecule has 1 aromatic rings. The van der Waals surface area contributed by atoms with Crippen LogP contribution in [0.3, 0.4) is 0 Å². The smallest absolute Gasteiger partial charge is 0.270 e. The molecule has 0 unspecified atom stereocenters. The third-order valence-electron chi connectivity index (χ3n) is 3.87. The summed E-state index contributed by atoms with van der Waals surface area (Å²) in [5, 5.41) is 7.58. The summed E-state index contributed by atoms with van der Waals surface area (Å²) in [5.74, 6) is -0.364. The van der Waals surface area contributed by atoms with Crippen LogP contribution in [0.1, 0.15) is 50.0 Å². The molecule has 1 saturated heterocycles. The molecule has 7 heteroatoms. The minimum absolute atomic E-state index is 0.181. The van der Waals surface area contributed by atoms with E-state index >= 15 is 0 Å². The summed E-state index contributed by atoms with van der Waals surface area (Å²) < 4.78 is 0. The lowest BCUT2D eigenvalue weighted by atomic mass is 10.0. The summed E-state index contributed by atoms with van der Waals surface area (Å²) in [4.78, 5) is 29.5. The number of carbonyl (C=O) groups excluding carboxylic acids is 2. The molecule has 1 aliphatic rings. The molecule has 6 nitrogen and oxygen atoms in total. The number of anilines is 1. The van der Waals surface area contributed by atoms with Crippen LogP contribution in [0.15, 0.2) is 5.38 Å². The average Bonchev–Trinajstić information content (AvgIpc) is 2.93. The lowest BCUT2D eigenvalue weighted by Gasteiger charge is -2.33. The lowest BCUT2D eigenvalue weighted by molar-refractivity contribution is -0.114. The Balaban J connectivity index is 1.69. The molecule has 1 atom stereocenters. The second kappa shape index (κ2) is 8.24. The molecule has 2 heterocycles. The van der Waals surface area contributed by atoms with Gasteiger partial charge in [0.15, 0.2) is 5.13 Å². The van der Waals surface area contributed by atoms with Crippen molar-refractivity contribution in [1.29, 1.82) is 0 Å². The van der Waals surface area contributed by atoms with E-state index in [1.165, 1.54) is 44.1 Å². The molecule has 1 fully saturated rings. The molecule has 2 rings (SSSR count). The molecule has 1 aromatic heterocycles. The number of nitrogens with zero attached hydrogens (tertiary/aromatic N) is 2. The van der Waals surface area contributed by atoms with E-state index in [0.717, 1.165) is 13.0 Å². The number of amides is 2. The molecule has 22 heavy (non-hydrogen) atoms. The Hall–Kier alpha value is -1.47. The molecule has 122 valence electrons. The van der Waals surface area contributed by atoms with Gasteiger partial charge in [0.2, 0.25) is 5.91 Å². The van der Waals surface area contributed by atoms with Crippen molar-refractivity contribution in [2.45, 2.75) is 45.6 Å². The Morgan fingerprint density at radius 3 is 3.00 bits per heavy atom. The SMILES string of the molecule is CC(=O)Nc1nc(C(=O)NCCCN2CCCC[C@H]2C)cs1. The number of likely N-dealkylation sites (tertiary alicyclic amines) is 1. The normalized spacial score (nSPS) is 18.9. The van der Waals surface area contributed by atoms with Crippen molar-refractivity contribution < 1.29 is 9.59 Å². The van der Waals surface area contributed by atoms with E-state index < -0.39 is 0 Å². The van der Waals surface area contributed by atoms with Crippen molar-refractivity contribution in [2.75, 3.05) is 25.0 Å². The highest BCUT2D eigenvalue weighted by Gasteiger charge is 2.17. The van der Waals surface area contributed by atoms with Gasteiger partial charge in [0.05, 0.1) is 0 Å². The molecule has 0 radical (unpaired) electrons. The van der Waals surface area contributed by atoms with Crippen LogP contribution in [-0.4, -0.2) is 47.4 Å². The van der Waals surface area contributed by atoms with Crippen molar-refractivity contribution >= 4 is 28.3 Å². The number of aromatic nitrogens is 1. The molecule has 1 aliphatic heterocycles. The fourth-order valence-corrected chi connectivity index (χ4v) is 3.39. The van der Waals surface area contributed by atoms with Gasteiger partial charge in [0, 0.05) is 31.4 Å². The van der Waals surface area contributed by atoms with Crippen molar-refractivity contribution in [2.24, 2.45) is 0 Å². The third kappa shape index (κ3) is 5.06. The van der Waals surface area contributed by atoms with Gasteiger partial charge in [-0.2, -0.15) is 0 Å². The summed E-state index contributed by atoms with van der Waals surface area (Å²) in [7, 11) is 0. The highest BCUT2D eigenvalue weighted by atomic mass is 32.1. The first-order valence-electron chi connectivity index (χ1n) is 7.81. The van der Waals surface area contributed by atoms with Crippen LogP contribution in [-0.2, 0) is 4.79 Å². The quantitative estimate of drug-likeness (QED) is 0.786. The summed E-state index contributed by atoms with van der Waals surface area (Å²) >= 11 is 1.26. The monoisotopic (exact) mass is 324 g/mol. The maximum atomic E-state index is 12.0. The van der Waals surface area contributed by atoms with Crippen molar-refractivity contribution in [1.82, 2.24) is 15.2 Å². The van der Waals surface area contributed by atoms with Gasteiger partial charge in [-0.15, -0.1) is 11.3 Å². The molecule has 0 aliphatic carbocycles. The van der Waals surface area contributed by atoms with Crippen LogP contribution in [0.25, 0.3) is 0 Å². The summed E-state index contributed by atoms with van der Waals surface area (Å²) in [6.07, 6.45) is 4.83. The lowest BCUT2D eigenvalue weighted by Crippen LogP contribution is -2.39. The zero-order valence-electron chi connectivity index (χ0n) is 13.2. The van der Waals surface area contributed by atoms with E-state index in [0.29, 0.717) is 23.4 Å². The van der Waals surface area contributed by atoms with Crippen LogP contribution in [0.2, 0.25) is 0 Å². The van der Waals surface area contributed by atoms with Crippen LogP contribution in [0.4, 0.5) is 5.13 Å². The molecule has 0 bridgehead atoms. The van der Waals surface area contributed by atoms with Crippen molar-refractivity contribution in [3.63, 3.8) is 0 Å². The highest BCUT2D eigenvalue weighted by Crippen LogP contribution is 2.16. The van der Waals surface area contributed by atoms with Crippen LogP contribution < -0.4 is 10.6 Å². The van der Waals surface area contributed by atoms with E-state index in [1.54, 1.807) is 5.38 Å². The number of hydrogen-bond donors (Lipinski definition) is 2. The Bertz CT molecular complexity index is 517. The highest BCUT2D eigenvalue weighted by molar-refractivity contribution is 7.14. The summed E-state index contributed by atoms with van der Waals surface area (Å²) in [5.41, 5.74) is 0.361. The van der Waals surface area contributed by atoms with Crippen molar-refractivity contribution in [3.05, 3.63) is 11.1 Å². The molecule has 2 amide bonds. The molecule has 0 saturated carbocycles. The van der Waals surface area contributed by atoms with E-state index in [2.05, 4.69) is 27.4 Å². The van der Waals surface area contributed by atoms with Gasteiger partial charge >= 0.3 is 0 Å². The molecule has 2 N–H and O–H groups in total. The minimum atomic E-state index is -0.183. The van der Waals surface area contributed by atoms with Gasteiger partial charge in [-0.05, 0) is 32.7 Å². The third-order valence-corrected chi connectivity index (χ3v) is 4.63. The van der Waals surface area contributed by atoms with Gasteiger partial charge in [-0.1, -0.05) is 6.42 Å². The fourth-order valence-electron chi connectivity index (χ4n) is 2.65. The van der Waals surface area contributed by atoms with Crippen LogP contribution >= 0.6 is 11.3 Å². The van der Waals surface area contributed by atoms with Gasteiger partial charge < -0.3 is 15.5 Å². The van der Waals surface area contributed by atoms with E-state index in [9.17, 15) is 9.59 Å². The fraction of sp³-hybridized carbons (Fsp3) is 0.667. The minimum Gasteiger partial charge on any atom is -0.351 e. The Morgan fingerprint density at radius 2 is 2.27 bits per heavy atom. The summed E-state index contributed by atoms with van der Waals surface area (Å²) in [6.45, 7) is 6.53. The predicted molar refractivity (Wildman–Crippen MR) is 88.3 cm³/mol. The van der Waals surface area contributed by atoms with E-state index in [4.69, 9.17) is 0 Å². The largest absolute Gasteiger partial charge is 0.351 e. The first kappa shape index (κ1) is 16.9.